The Labute approximate surface area is 230 Å². The van der Waals surface area contributed by atoms with E-state index in [1.165, 1.54) is 131 Å². The Morgan fingerprint density at radius 1 is 0.500 bits per heavy atom. The third-order valence-electron chi connectivity index (χ3n) is 9.08. The van der Waals surface area contributed by atoms with Gasteiger partial charge >= 0.3 is 0 Å². The number of hydrogen-bond acceptors (Lipinski definition) is 3. The lowest BCUT2D eigenvalue weighted by molar-refractivity contribution is 0.170. The fourth-order valence-electron chi connectivity index (χ4n) is 6.93. The second-order valence-corrected chi connectivity index (χ2v) is 11.8. The molecule has 4 aliphatic rings. The third-order valence-corrected chi connectivity index (χ3v) is 9.08. The molecule has 0 aliphatic carbocycles. The third kappa shape index (κ3) is 5.82. The second kappa shape index (κ2) is 12.4. The number of rotatable bonds is 4. The van der Waals surface area contributed by atoms with Crippen LogP contribution in [0.5, 0.6) is 0 Å². The highest BCUT2D eigenvalue weighted by atomic mass is 15.4. The smallest absolute Gasteiger partial charge is 0.201 e. The van der Waals surface area contributed by atoms with E-state index in [0.717, 1.165) is 31.9 Å². The minimum Gasteiger partial charge on any atom is -0.358 e. The first-order chi connectivity index (χ1) is 18.9. The summed E-state index contributed by atoms with van der Waals surface area (Å²) < 4.78 is 0. The van der Waals surface area contributed by atoms with Gasteiger partial charge in [-0.2, -0.15) is 0 Å². The van der Waals surface area contributed by atoms with Gasteiger partial charge in [0.15, 0.2) is 0 Å². The molecule has 38 heavy (non-hydrogen) atoms. The van der Waals surface area contributed by atoms with Crippen LogP contribution < -0.4 is 0 Å². The van der Waals surface area contributed by atoms with Crippen LogP contribution in [0.3, 0.4) is 0 Å². The molecule has 4 saturated heterocycles. The number of hydrogen-bond donors (Lipinski definition) is 0. The summed E-state index contributed by atoms with van der Waals surface area (Å²) in [4.78, 5) is 15.9. The molecule has 6 rings (SSSR count). The van der Waals surface area contributed by atoms with E-state index in [9.17, 15) is 0 Å². The summed E-state index contributed by atoms with van der Waals surface area (Å²) in [7, 11) is 0. The van der Waals surface area contributed by atoms with Gasteiger partial charge in [-0.1, -0.05) is 30.3 Å². The Morgan fingerprint density at radius 3 is 1.45 bits per heavy atom. The van der Waals surface area contributed by atoms with Gasteiger partial charge in [0, 0.05) is 57.7 Å². The van der Waals surface area contributed by atoms with Gasteiger partial charge in [-0.3, -0.25) is 0 Å². The highest BCUT2D eigenvalue weighted by Gasteiger charge is 2.24. The van der Waals surface area contributed by atoms with E-state index in [-0.39, 0.29) is 0 Å². The monoisotopic (exact) mass is 513 g/mol. The van der Waals surface area contributed by atoms with Crippen molar-refractivity contribution in [2.45, 2.75) is 77.0 Å². The zero-order valence-corrected chi connectivity index (χ0v) is 23.4. The summed E-state index contributed by atoms with van der Waals surface area (Å²) in [5, 5.41) is 2.61. The molecule has 0 N–H and O–H groups in total. The summed E-state index contributed by atoms with van der Waals surface area (Å²) in [5.74, 6) is 2.67. The first-order valence-electron chi connectivity index (χ1n) is 15.7. The van der Waals surface area contributed by atoms with Crippen LogP contribution in [-0.4, -0.2) is 77.9 Å². The largest absolute Gasteiger partial charge is 0.358 e. The molecule has 4 heterocycles. The number of aliphatic imine (C=N–C) groups is 1. The Hall–Kier alpha value is -2.69. The molecular weight excluding hydrogens is 466 g/mol. The van der Waals surface area contributed by atoms with Gasteiger partial charge in [-0.05, 0) is 100 Å². The van der Waals surface area contributed by atoms with Crippen molar-refractivity contribution >= 4 is 28.5 Å². The van der Waals surface area contributed by atoms with E-state index < -0.39 is 0 Å². The van der Waals surface area contributed by atoms with Crippen LogP contribution in [0.2, 0.25) is 0 Å². The molecule has 0 atom stereocenters. The van der Waals surface area contributed by atoms with Crippen LogP contribution in [0.1, 0.15) is 82.6 Å². The fourth-order valence-corrected chi connectivity index (χ4v) is 6.93. The molecule has 2 aromatic carbocycles. The standard InChI is InChI=1S/C33H47N5/c1-7-19-35(20-8-1)32(36-21-9-2-10-22-36)27-28-17-18-31(30-16-6-5-15-29(28)30)34-33(37-23-11-3-12-24-37)38-25-13-4-14-26-38/h5-6,15-18,27H,1-4,7-14,19-26H2. The van der Waals surface area contributed by atoms with E-state index in [1.54, 1.807) is 0 Å². The number of likely N-dealkylation sites (tertiary alicyclic amines) is 4. The van der Waals surface area contributed by atoms with Crippen molar-refractivity contribution in [2.24, 2.45) is 4.99 Å². The van der Waals surface area contributed by atoms with Crippen molar-refractivity contribution in [2.75, 3.05) is 52.4 Å². The average molecular weight is 514 g/mol. The molecule has 0 saturated carbocycles. The summed E-state index contributed by atoms with van der Waals surface area (Å²) in [5.41, 5.74) is 2.46. The molecular formula is C33H47N5. The molecule has 0 spiro atoms. The van der Waals surface area contributed by atoms with Crippen LogP contribution in [0.15, 0.2) is 47.2 Å². The zero-order valence-electron chi connectivity index (χ0n) is 23.4. The van der Waals surface area contributed by atoms with Crippen LogP contribution in [0, 0.1) is 0 Å². The van der Waals surface area contributed by atoms with E-state index >= 15 is 0 Å². The number of nitrogens with zero attached hydrogens (tertiary/aromatic N) is 5. The topological polar surface area (TPSA) is 25.3 Å². The fraction of sp³-hybridized carbons (Fsp3) is 0.606. The molecule has 0 radical (unpaired) electrons. The quantitative estimate of drug-likeness (QED) is 0.322. The first-order valence-corrected chi connectivity index (χ1v) is 15.7. The lowest BCUT2D eigenvalue weighted by atomic mass is 10.0. The maximum Gasteiger partial charge on any atom is 0.201 e. The lowest BCUT2D eigenvalue weighted by Gasteiger charge is -2.40. The van der Waals surface area contributed by atoms with Gasteiger partial charge in [0.25, 0.3) is 0 Å². The predicted octanol–water partition coefficient (Wildman–Crippen LogP) is 7.07. The number of benzene rings is 2. The molecule has 4 aliphatic heterocycles. The van der Waals surface area contributed by atoms with Crippen molar-refractivity contribution in [1.29, 1.82) is 0 Å². The summed E-state index contributed by atoms with van der Waals surface area (Å²) in [6.45, 7) is 9.34. The first kappa shape index (κ1) is 25.6. The minimum atomic E-state index is 1.13. The van der Waals surface area contributed by atoms with Crippen molar-refractivity contribution in [3.8, 4) is 0 Å². The Kier molecular flexibility index (Phi) is 8.38. The molecule has 204 valence electrons. The van der Waals surface area contributed by atoms with Crippen LogP contribution in [0.25, 0.3) is 16.8 Å². The van der Waals surface area contributed by atoms with Crippen molar-refractivity contribution in [1.82, 2.24) is 19.6 Å². The van der Waals surface area contributed by atoms with Gasteiger partial charge in [0.1, 0.15) is 5.82 Å². The van der Waals surface area contributed by atoms with E-state index in [2.05, 4.69) is 62.1 Å². The maximum absolute atomic E-state index is 5.46. The SMILES string of the molecule is C(=C(N1CCCCC1)N1CCCCC1)c1ccc(N=C(N2CCCCC2)N2CCCCC2)c2ccccc12. The lowest BCUT2D eigenvalue weighted by Crippen LogP contribution is -2.48. The highest BCUT2D eigenvalue weighted by molar-refractivity contribution is 6.00. The van der Waals surface area contributed by atoms with Gasteiger partial charge < -0.3 is 19.6 Å². The summed E-state index contributed by atoms with van der Waals surface area (Å²) >= 11 is 0. The van der Waals surface area contributed by atoms with Crippen LogP contribution in [0.4, 0.5) is 5.69 Å². The Morgan fingerprint density at radius 2 is 0.947 bits per heavy atom. The van der Waals surface area contributed by atoms with Crippen molar-refractivity contribution in [3.63, 3.8) is 0 Å². The van der Waals surface area contributed by atoms with Crippen LogP contribution >= 0.6 is 0 Å². The Balaban J connectivity index is 1.39. The number of guanidine groups is 1. The van der Waals surface area contributed by atoms with E-state index in [0.29, 0.717) is 0 Å². The average Bonchev–Trinajstić information content (AvgIpc) is 3.01. The summed E-state index contributed by atoms with van der Waals surface area (Å²) in [6.07, 6.45) is 18.3. The number of fused-ring (bicyclic) bond motifs is 1. The van der Waals surface area contributed by atoms with E-state index in [1.807, 2.05) is 0 Å². The van der Waals surface area contributed by atoms with Gasteiger partial charge in [0.2, 0.25) is 5.96 Å². The summed E-state index contributed by atoms with van der Waals surface area (Å²) in [6, 6.07) is 13.6. The predicted molar refractivity (Wildman–Crippen MR) is 161 cm³/mol. The van der Waals surface area contributed by atoms with Crippen molar-refractivity contribution < 1.29 is 0 Å². The molecule has 2 aromatic rings. The zero-order chi connectivity index (χ0) is 25.6. The molecule has 5 nitrogen and oxygen atoms in total. The van der Waals surface area contributed by atoms with E-state index in [4.69, 9.17) is 4.99 Å². The molecule has 0 bridgehead atoms. The molecule has 0 aromatic heterocycles. The van der Waals surface area contributed by atoms with Crippen LogP contribution in [-0.2, 0) is 0 Å². The molecule has 4 fully saturated rings. The van der Waals surface area contributed by atoms with Gasteiger partial charge in [-0.15, -0.1) is 0 Å². The second-order valence-electron chi connectivity index (χ2n) is 11.8. The maximum atomic E-state index is 5.46. The number of piperidine rings is 4. The molecule has 5 heteroatoms. The van der Waals surface area contributed by atoms with Gasteiger partial charge in [-0.25, -0.2) is 4.99 Å². The highest BCUT2D eigenvalue weighted by Crippen LogP contribution is 2.33. The Bertz CT molecular complexity index is 985. The molecule has 0 unspecified atom stereocenters. The normalized spacial score (nSPS) is 20.9. The minimum absolute atomic E-state index is 1.13. The van der Waals surface area contributed by atoms with Gasteiger partial charge in [0.05, 0.1) is 5.69 Å². The van der Waals surface area contributed by atoms with Crippen molar-refractivity contribution in [3.05, 3.63) is 47.8 Å². The molecule has 0 amide bonds.